The van der Waals surface area contributed by atoms with Gasteiger partial charge in [-0.3, -0.25) is 20.0 Å². The van der Waals surface area contributed by atoms with E-state index in [1.807, 2.05) is 0 Å². The van der Waals surface area contributed by atoms with Crippen LogP contribution < -0.4 is 11.1 Å². The maximum Gasteiger partial charge on any atom is 0.322 e. The smallest absolute Gasteiger partial charge is 0.322 e. The number of nitrogens with zero attached hydrogens (tertiary/aromatic N) is 1. The third-order valence-corrected chi connectivity index (χ3v) is 1.98. The standard InChI is InChI=1S/C9H19N3O7/c10-7(1-2-8(13)14)9(15)18-5-3-11-4-6-19-12(16)17/h7,11,16-17H,1-6,10H2,(H,13,14). The third-order valence-electron chi connectivity index (χ3n) is 1.98. The Morgan fingerprint density at radius 1 is 1.26 bits per heavy atom. The second kappa shape index (κ2) is 10.6. The summed E-state index contributed by atoms with van der Waals surface area (Å²) >= 11 is 0. The van der Waals surface area contributed by atoms with Gasteiger partial charge >= 0.3 is 11.9 Å². The number of hydrogen-bond donors (Lipinski definition) is 5. The summed E-state index contributed by atoms with van der Waals surface area (Å²) < 4.78 is 4.79. The Balaban J connectivity index is 3.44. The number of ether oxygens (including phenoxy) is 1. The molecule has 0 aliphatic rings. The molecule has 0 rings (SSSR count). The van der Waals surface area contributed by atoms with E-state index in [1.165, 1.54) is 0 Å². The number of aliphatic carboxylic acids is 1. The molecule has 1 atom stereocenters. The van der Waals surface area contributed by atoms with Crippen molar-refractivity contribution in [3.05, 3.63) is 0 Å². The zero-order valence-corrected chi connectivity index (χ0v) is 10.3. The number of hydrogen-bond acceptors (Lipinski definition) is 9. The van der Waals surface area contributed by atoms with Crippen LogP contribution in [0.25, 0.3) is 0 Å². The first kappa shape index (κ1) is 17.7. The van der Waals surface area contributed by atoms with Crippen molar-refractivity contribution in [2.24, 2.45) is 5.73 Å². The maximum absolute atomic E-state index is 11.3. The topological polar surface area (TPSA) is 155 Å². The first-order chi connectivity index (χ1) is 8.93. The largest absolute Gasteiger partial charge is 0.481 e. The second-order valence-corrected chi connectivity index (χ2v) is 3.54. The average Bonchev–Trinajstić information content (AvgIpc) is 2.33. The summed E-state index contributed by atoms with van der Waals surface area (Å²) in [4.78, 5) is 25.8. The molecule has 112 valence electrons. The number of carbonyl (C=O) groups excluding carboxylic acids is 1. The van der Waals surface area contributed by atoms with Crippen molar-refractivity contribution < 1.29 is 34.7 Å². The lowest BCUT2D eigenvalue weighted by atomic mass is 10.2. The number of rotatable bonds is 11. The van der Waals surface area contributed by atoms with Gasteiger partial charge in [0.1, 0.15) is 12.6 Å². The van der Waals surface area contributed by atoms with Crippen LogP contribution >= 0.6 is 0 Å². The summed E-state index contributed by atoms with van der Waals surface area (Å²) in [5.41, 5.74) is 5.42. The molecule has 0 heterocycles. The summed E-state index contributed by atoms with van der Waals surface area (Å²) in [6.45, 7) is 0.748. The van der Waals surface area contributed by atoms with Gasteiger partial charge in [-0.05, 0) is 6.42 Å². The molecular formula is C9H19N3O7. The van der Waals surface area contributed by atoms with Crippen LogP contribution in [0, 0.1) is 0 Å². The molecule has 0 radical (unpaired) electrons. The highest BCUT2D eigenvalue weighted by atomic mass is 17.1. The molecule has 0 aliphatic carbocycles. The van der Waals surface area contributed by atoms with Gasteiger partial charge in [0.2, 0.25) is 0 Å². The van der Waals surface area contributed by atoms with Crippen molar-refractivity contribution >= 4 is 11.9 Å². The minimum atomic E-state index is -1.02. The summed E-state index contributed by atoms with van der Waals surface area (Å²) in [5, 5.41) is 27.2. The Hall–Kier alpha value is -1.30. The zero-order chi connectivity index (χ0) is 14.7. The van der Waals surface area contributed by atoms with Crippen molar-refractivity contribution in [1.29, 1.82) is 0 Å². The molecule has 0 aliphatic heterocycles. The van der Waals surface area contributed by atoms with E-state index >= 15 is 0 Å². The quantitative estimate of drug-likeness (QED) is 0.168. The molecule has 0 fully saturated rings. The highest BCUT2D eigenvalue weighted by molar-refractivity contribution is 5.76. The van der Waals surface area contributed by atoms with Gasteiger partial charge in [-0.15, -0.1) is 0 Å². The summed E-state index contributed by atoms with van der Waals surface area (Å²) in [6.07, 6.45) is -0.164. The van der Waals surface area contributed by atoms with Crippen molar-refractivity contribution in [3.8, 4) is 0 Å². The number of nitrogens with one attached hydrogen (secondary N) is 1. The van der Waals surface area contributed by atoms with E-state index < -0.39 is 23.4 Å². The van der Waals surface area contributed by atoms with Crippen LogP contribution in [0.5, 0.6) is 0 Å². The molecule has 0 saturated carbocycles. The van der Waals surface area contributed by atoms with Crippen molar-refractivity contribution in [1.82, 2.24) is 10.7 Å². The Bertz CT molecular complexity index is 275. The van der Waals surface area contributed by atoms with E-state index in [2.05, 4.69) is 10.2 Å². The molecule has 0 saturated heterocycles. The number of esters is 1. The van der Waals surface area contributed by atoms with Gasteiger partial charge in [-0.25, -0.2) is 4.84 Å². The molecule has 0 spiro atoms. The molecule has 0 amide bonds. The van der Waals surface area contributed by atoms with Crippen LogP contribution in [0.2, 0.25) is 0 Å². The third kappa shape index (κ3) is 11.5. The van der Waals surface area contributed by atoms with Gasteiger partial charge in [0, 0.05) is 19.5 Å². The van der Waals surface area contributed by atoms with Crippen LogP contribution in [-0.2, 0) is 19.2 Å². The lowest BCUT2D eigenvalue weighted by molar-refractivity contribution is -0.491. The van der Waals surface area contributed by atoms with E-state index in [0.717, 1.165) is 0 Å². The average molecular weight is 281 g/mol. The van der Waals surface area contributed by atoms with E-state index in [1.54, 1.807) is 0 Å². The van der Waals surface area contributed by atoms with Gasteiger partial charge in [0.25, 0.3) is 0 Å². The molecule has 1 unspecified atom stereocenters. The van der Waals surface area contributed by atoms with Crippen LogP contribution in [0.1, 0.15) is 12.8 Å². The molecule has 10 heteroatoms. The number of carboxylic acids is 1. The molecular weight excluding hydrogens is 262 g/mol. The molecule has 0 aromatic heterocycles. The molecule has 19 heavy (non-hydrogen) atoms. The predicted molar refractivity (Wildman–Crippen MR) is 60.0 cm³/mol. The molecule has 0 aromatic rings. The highest BCUT2D eigenvalue weighted by Gasteiger charge is 2.15. The Morgan fingerprint density at radius 2 is 1.89 bits per heavy atom. The van der Waals surface area contributed by atoms with Crippen LogP contribution in [-0.4, -0.2) is 65.2 Å². The van der Waals surface area contributed by atoms with E-state index in [9.17, 15) is 9.59 Å². The lowest BCUT2D eigenvalue weighted by Crippen LogP contribution is -2.35. The van der Waals surface area contributed by atoms with E-state index in [4.69, 9.17) is 26.0 Å². The molecule has 6 N–H and O–H groups in total. The highest BCUT2D eigenvalue weighted by Crippen LogP contribution is 1.96. The molecule has 0 aromatic carbocycles. The van der Waals surface area contributed by atoms with Gasteiger partial charge in [0.15, 0.2) is 0 Å². The second-order valence-electron chi connectivity index (χ2n) is 3.54. The van der Waals surface area contributed by atoms with E-state index in [-0.39, 0.29) is 26.1 Å². The van der Waals surface area contributed by atoms with E-state index in [0.29, 0.717) is 13.1 Å². The Morgan fingerprint density at radius 3 is 2.47 bits per heavy atom. The first-order valence-corrected chi connectivity index (χ1v) is 5.59. The van der Waals surface area contributed by atoms with Crippen LogP contribution in [0.3, 0.4) is 0 Å². The minimum Gasteiger partial charge on any atom is -0.481 e. The van der Waals surface area contributed by atoms with Gasteiger partial charge in [-0.1, -0.05) is 0 Å². The SMILES string of the molecule is NC(CCC(=O)O)C(=O)OCCNCCON(O)O. The van der Waals surface area contributed by atoms with Gasteiger partial charge in [0.05, 0.1) is 12.0 Å². The number of carbonyl (C=O) groups is 2. The lowest BCUT2D eigenvalue weighted by Gasteiger charge is -2.11. The predicted octanol–water partition coefficient (Wildman–Crippen LogP) is -1.68. The zero-order valence-electron chi connectivity index (χ0n) is 10.3. The number of nitrogens with two attached hydrogens (primary N) is 1. The summed E-state index contributed by atoms with van der Waals surface area (Å²) in [7, 11) is 0. The summed E-state index contributed by atoms with van der Waals surface area (Å²) in [6, 6.07) is -0.947. The fourth-order valence-electron chi connectivity index (χ4n) is 1.05. The monoisotopic (exact) mass is 281 g/mol. The Kier molecular flexibility index (Phi) is 9.88. The van der Waals surface area contributed by atoms with Crippen molar-refractivity contribution in [2.75, 3.05) is 26.3 Å². The minimum absolute atomic E-state index is 0.0261. The Labute approximate surface area is 109 Å². The summed E-state index contributed by atoms with van der Waals surface area (Å²) in [5.74, 6) is -1.68. The molecule has 10 nitrogen and oxygen atoms in total. The maximum atomic E-state index is 11.3. The van der Waals surface area contributed by atoms with Crippen molar-refractivity contribution in [2.45, 2.75) is 18.9 Å². The van der Waals surface area contributed by atoms with Crippen molar-refractivity contribution in [3.63, 3.8) is 0 Å². The van der Waals surface area contributed by atoms with Gasteiger partial charge < -0.3 is 20.9 Å². The van der Waals surface area contributed by atoms with Crippen LogP contribution in [0.4, 0.5) is 0 Å². The molecule has 0 bridgehead atoms. The number of carboxylic acid groups (broad SMARTS) is 1. The normalized spacial score (nSPS) is 12.4. The van der Waals surface area contributed by atoms with Gasteiger partial charge in [-0.2, -0.15) is 0 Å². The van der Waals surface area contributed by atoms with Crippen LogP contribution in [0.15, 0.2) is 0 Å². The fourth-order valence-corrected chi connectivity index (χ4v) is 1.05. The fraction of sp³-hybridized carbons (Fsp3) is 0.778. The first-order valence-electron chi connectivity index (χ1n) is 5.59.